The molecular weight excluding hydrogens is 256 g/mol. The predicted octanol–water partition coefficient (Wildman–Crippen LogP) is 1.51. The number of nitrogens with one attached hydrogen (secondary N) is 1. The Kier molecular flexibility index (Phi) is 3.20. The molecule has 0 aliphatic carbocycles. The van der Waals surface area contributed by atoms with Crippen LogP contribution in [-0.4, -0.2) is 37.8 Å². The highest BCUT2D eigenvalue weighted by Crippen LogP contribution is 2.31. The van der Waals surface area contributed by atoms with Crippen molar-refractivity contribution in [3.63, 3.8) is 0 Å². The lowest BCUT2D eigenvalue weighted by atomic mass is 10.2. The van der Waals surface area contributed by atoms with Crippen LogP contribution in [0.4, 0.5) is 6.01 Å². The summed E-state index contributed by atoms with van der Waals surface area (Å²) in [6.45, 7) is 4.78. The van der Waals surface area contributed by atoms with Crippen LogP contribution in [0.25, 0.3) is 11.1 Å². The van der Waals surface area contributed by atoms with Gasteiger partial charge in [0.15, 0.2) is 11.3 Å². The van der Waals surface area contributed by atoms with Crippen molar-refractivity contribution in [1.29, 1.82) is 5.26 Å². The van der Waals surface area contributed by atoms with Gasteiger partial charge in [0.05, 0.1) is 18.7 Å². The minimum atomic E-state index is 0.318. The van der Waals surface area contributed by atoms with Gasteiger partial charge in [-0.05, 0) is 13.0 Å². The Morgan fingerprint density at radius 3 is 3.10 bits per heavy atom. The molecule has 6 heteroatoms. The molecule has 1 saturated heterocycles. The number of hydrogen-bond acceptors (Lipinski definition) is 6. The molecule has 0 radical (unpaired) electrons. The van der Waals surface area contributed by atoms with Crippen LogP contribution in [0.1, 0.15) is 12.5 Å². The van der Waals surface area contributed by atoms with Gasteiger partial charge in [0, 0.05) is 31.7 Å². The number of piperazine rings is 1. The number of hydrogen-bond donors (Lipinski definition) is 1. The molecule has 2 aromatic rings. The summed E-state index contributed by atoms with van der Waals surface area (Å²) in [6.07, 6.45) is 0. The molecule has 6 nitrogen and oxygen atoms in total. The van der Waals surface area contributed by atoms with Crippen molar-refractivity contribution in [1.82, 2.24) is 10.3 Å². The molecule has 20 heavy (non-hydrogen) atoms. The summed E-state index contributed by atoms with van der Waals surface area (Å²) in [5.41, 5.74) is 1.76. The molecule has 1 aromatic heterocycles. The Bertz CT molecular complexity index is 674. The second-order valence-electron chi connectivity index (χ2n) is 4.88. The largest absolute Gasteiger partial charge is 0.493 e. The SMILES string of the molecule is COc1cc(C#N)cc2nc(N3CCNC[C@@H]3C)oc12. The molecule has 3 rings (SSSR count). The fraction of sp³-hybridized carbons (Fsp3) is 0.429. The van der Waals surface area contributed by atoms with Gasteiger partial charge < -0.3 is 19.4 Å². The number of nitriles is 1. The van der Waals surface area contributed by atoms with E-state index in [-0.39, 0.29) is 0 Å². The predicted molar refractivity (Wildman–Crippen MR) is 75.0 cm³/mol. The van der Waals surface area contributed by atoms with Crippen LogP contribution in [0.3, 0.4) is 0 Å². The highest BCUT2D eigenvalue weighted by Gasteiger charge is 2.23. The number of aromatic nitrogens is 1. The molecular formula is C14H16N4O2. The monoisotopic (exact) mass is 272 g/mol. The summed E-state index contributed by atoms with van der Waals surface area (Å²) < 4.78 is 11.1. The molecule has 1 N–H and O–H groups in total. The zero-order chi connectivity index (χ0) is 14.1. The third-order valence-electron chi connectivity index (χ3n) is 3.54. The minimum Gasteiger partial charge on any atom is -0.493 e. The second-order valence-corrected chi connectivity index (χ2v) is 4.88. The first kappa shape index (κ1) is 12.8. The molecule has 104 valence electrons. The van der Waals surface area contributed by atoms with Gasteiger partial charge in [-0.15, -0.1) is 0 Å². The highest BCUT2D eigenvalue weighted by molar-refractivity contribution is 5.82. The Balaban J connectivity index is 2.08. The second kappa shape index (κ2) is 5.02. The fourth-order valence-electron chi connectivity index (χ4n) is 2.45. The maximum atomic E-state index is 9.03. The van der Waals surface area contributed by atoms with Crippen LogP contribution in [0, 0.1) is 11.3 Å². The number of rotatable bonds is 2. The van der Waals surface area contributed by atoms with Crippen LogP contribution in [0.15, 0.2) is 16.5 Å². The fourth-order valence-corrected chi connectivity index (χ4v) is 2.45. The van der Waals surface area contributed by atoms with E-state index < -0.39 is 0 Å². The van der Waals surface area contributed by atoms with E-state index in [0.717, 1.165) is 19.6 Å². The van der Waals surface area contributed by atoms with Crippen LogP contribution < -0.4 is 15.0 Å². The lowest BCUT2D eigenvalue weighted by molar-refractivity contribution is 0.406. The van der Waals surface area contributed by atoms with Gasteiger partial charge in [-0.2, -0.15) is 10.2 Å². The number of methoxy groups -OCH3 is 1. The number of benzene rings is 1. The minimum absolute atomic E-state index is 0.318. The molecule has 0 amide bonds. The molecule has 1 aliphatic heterocycles. The Hall–Kier alpha value is -2.26. The quantitative estimate of drug-likeness (QED) is 0.893. The van der Waals surface area contributed by atoms with E-state index in [4.69, 9.17) is 14.4 Å². The highest BCUT2D eigenvalue weighted by atomic mass is 16.5. The first-order valence-electron chi connectivity index (χ1n) is 6.59. The van der Waals surface area contributed by atoms with Gasteiger partial charge in [0.2, 0.25) is 0 Å². The maximum Gasteiger partial charge on any atom is 0.298 e. The molecule has 1 fully saturated rings. The third-order valence-corrected chi connectivity index (χ3v) is 3.54. The van der Waals surface area contributed by atoms with Crippen molar-refractivity contribution in [2.75, 3.05) is 31.6 Å². The number of anilines is 1. The van der Waals surface area contributed by atoms with Crippen molar-refractivity contribution in [3.05, 3.63) is 17.7 Å². The van der Waals surface area contributed by atoms with E-state index in [0.29, 0.717) is 34.5 Å². The normalized spacial score (nSPS) is 19.1. The molecule has 0 saturated carbocycles. The molecule has 0 bridgehead atoms. The van der Waals surface area contributed by atoms with Gasteiger partial charge in [0.1, 0.15) is 5.52 Å². The van der Waals surface area contributed by atoms with Crippen molar-refractivity contribution >= 4 is 17.1 Å². The first-order chi connectivity index (χ1) is 9.72. The van der Waals surface area contributed by atoms with Crippen molar-refractivity contribution in [2.45, 2.75) is 13.0 Å². The van der Waals surface area contributed by atoms with E-state index >= 15 is 0 Å². The van der Waals surface area contributed by atoms with E-state index in [1.807, 2.05) is 0 Å². The molecule has 2 heterocycles. The molecule has 1 aliphatic rings. The summed E-state index contributed by atoms with van der Waals surface area (Å²) >= 11 is 0. The average molecular weight is 272 g/mol. The summed E-state index contributed by atoms with van der Waals surface area (Å²) in [7, 11) is 1.56. The van der Waals surface area contributed by atoms with Crippen LogP contribution in [0.2, 0.25) is 0 Å². The van der Waals surface area contributed by atoms with Crippen molar-refractivity contribution in [2.24, 2.45) is 0 Å². The average Bonchev–Trinajstić information content (AvgIpc) is 2.90. The number of fused-ring (bicyclic) bond motifs is 1. The maximum absolute atomic E-state index is 9.03. The molecule has 1 aromatic carbocycles. The summed E-state index contributed by atoms with van der Waals surface area (Å²) in [4.78, 5) is 6.63. The van der Waals surface area contributed by atoms with Gasteiger partial charge in [-0.1, -0.05) is 0 Å². The van der Waals surface area contributed by atoms with Gasteiger partial charge in [0.25, 0.3) is 6.01 Å². The van der Waals surface area contributed by atoms with Crippen LogP contribution in [-0.2, 0) is 0 Å². The van der Waals surface area contributed by atoms with E-state index in [1.165, 1.54) is 0 Å². The first-order valence-corrected chi connectivity index (χ1v) is 6.59. The number of oxazole rings is 1. The Morgan fingerprint density at radius 1 is 1.55 bits per heavy atom. The standard InChI is InChI=1S/C14H16N4O2/c1-9-8-16-3-4-18(9)14-17-11-5-10(7-15)6-12(19-2)13(11)20-14/h5-6,9,16H,3-4,8H2,1-2H3/t9-/m0/s1. The molecule has 0 spiro atoms. The topological polar surface area (TPSA) is 74.3 Å². The summed E-state index contributed by atoms with van der Waals surface area (Å²) in [5.74, 6) is 0.542. The van der Waals surface area contributed by atoms with Gasteiger partial charge >= 0.3 is 0 Å². The third kappa shape index (κ3) is 2.06. The van der Waals surface area contributed by atoms with Crippen molar-refractivity contribution in [3.8, 4) is 11.8 Å². The lowest BCUT2D eigenvalue weighted by Crippen LogP contribution is -2.50. The van der Waals surface area contributed by atoms with E-state index in [1.54, 1.807) is 19.2 Å². The zero-order valence-corrected chi connectivity index (χ0v) is 11.5. The Morgan fingerprint density at radius 2 is 2.40 bits per heavy atom. The number of ether oxygens (including phenoxy) is 1. The van der Waals surface area contributed by atoms with E-state index in [9.17, 15) is 0 Å². The zero-order valence-electron chi connectivity index (χ0n) is 11.5. The van der Waals surface area contributed by atoms with Crippen LogP contribution >= 0.6 is 0 Å². The van der Waals surface area contributed by atoms with Crippen LogP contribution in [0.5, 0.6) is 5.75 Å². The molecule has 0 unspecified atom stereocenters. The number of nitrogens with zero attached hydrogens (tertiary/aromatic N) is 3. The smallest absolute Gasteiger partial charge is 0.298 e. The van der Waals surface area contributed by atoms with E-state index in [2.05, 4.69) is 28.2 Å². The summed E-state index contributed by atoms with van der Waals surface area (Å²) in [6, 6.07) is 6.39. The van der Waals surface area contributed by atoms with Gasteiger partial charge in [-0.25, -0.2) is 0 Å². The summed E-state index contributed by atoms with van der Waals surface area (Å²) in [5, 5.41) is 12.4. The molecule has 1 atom stereocenters. The van der Waals surface area contributed by atoms with Crippen molar-refractivity contribution < 1.29 is 9.15 Å². The lowest BCUT2D eigenvalue weighted by Gasteiger charge is -2.32. The van der Waals surface area contributed by atoms with Gasteiger partial charge in [-0.3, -0.25) is 0 Å². The Labute approximate surface area is 116 Å².